The fourth-order valence-corrected chi connectivity index (χ4v) is 4.11. The van der Waals surface area contributed by atoms with E-state index in [0.29, 0.717) is 29.5 Å². The lowest BCUT2D eigenvalue weighted by molar-refractivity contribution is 0.100. The molecule has 0 unspecified atom stereocenters. The molecular weight excluding hydrogens is 403 g/mol. The van der Waals surface area contributed by atoms with Gasteiger partial charge in [-0.2, -0.15) is 0 Å². The number of benzene rings is 4. The molecule has 0 bridgehead atoms. The van der Waals surface area contributed by atoms with Crippen LogP contribution in [0.4, 0.5) is 4.39 Å². The minimum atomic E-state index is -0.529. The van der Waals surface area contributed by atoms with Crippen LogP contribution in [0, 0.1) is 5.82 Å². The number of fused-ring (bicyclic) bond motifs is 3. The number of hydrogen-bond acceptors (Lipinski definition) is 2. The van der Waals surface area contributed by atoms with Gasteiger partial charge < -0.3 is 15.0 Å². The quantitative estimate of drug-likeness (QED) is 0.382. The first-order valence-corrected chi connectivity index (χ1v) is 10.4. The number of amides is 1. The Bertz CT molecular complexity index is 1420. The second kappa shape index (κ2) is 8.19. The van der Waals surface area contributed by atoms with Crippen molar-refractivity contribution in [1.29, 1.82) is 0 Å². The third kappa shape index (κ3) is 3.69. The molecule has 0 saturated carbocycles. The topological polar surface area (TPSA) is 57.2 Å². The molecule has 1 aromatic heterocycles. The number of primary amides is 1. The maximum absolute atomic E-state index is 14.0. The zero-order valence-corrected chi connectivity index (χ0v) is 17.3. The van der Waals surface area contributed by atoms with Crippen LogP contribution in [0.2, 0.25) is 0 Å². The molecule has 0 aliphatic carbocycles. The van der Waals surface area contributed by atoms with Gasteiger partial charge in [-0.25, -0.2) is 4.39 Å². The number of aromatic nitrogens is 1. The first-order chi connectivity index (χ1) is 15.6. The van der Waals surface area contributed by atoms with E-state index in [4.69, 9.17) is 10.5 Å². The smallest absolute Gasteiger partial charge is 0.249 e. The number of nitrogens with zero attached hydrogens (tertiary/aromatic N) is 1. The highest BCUT2D eigenvalue weighted by Gasteiger charge is 2.17. The molecule has 0 aliphatic rings. The van der Waals surface area contributed by atoms with Crippen molar-refractivity contribution in [3.8, 4) is 5.75 Å². The molecule has 0 spiro atoms. The molecule has 1 heterocycles. The maximum Gasteiger partial charge on any atom is 0.249 e. The van der Waals surface area contributed by atoms with Gasteiger partial charge in [-0.15, -0.1) is 0 Å². The molecule has 0 atom stereocenters. The zero-order chi connectivity index (χ0) is 22.1. The molecule has 158 valence electrons. The molecule has 4 aromatic carbocycles. The summed E-state index contributed by atoms with van der Waals surface area (Å²) in [4.78, 5) is 12.0. The molecule has 0 aliphatic heterocycles. The summed E-state index contributed by atoms with van der Waals surface area (Å²) in [6.45, 7) is 1.07. The standard InChI is InChI=1S/C27H21FN2O2/c28-20-11-14-24-23(15-20)26-22(27(29)31)7-4-8-25(26)30(24)16-18-9-12-21(13-10-18)32-17-19-5-2-1-3-6-19/h1-15H,16-17H2,(H2,29,31). The normalized spacial score (nSPS) is 11.2. The molecule has 4 nitrogen and oxygen atoms in total. The van der Waals surface area contributed by atoms with Gasteiger partial charge in [0.25, 0.3) is 0 Å². The summed E-state index contributed by atoms with van der Waals surface area (Å²) < 4.78 is 22.0. The molecule has 0 radical (unpaired) electrons. The molecule has 32 heavy (non-hydrogen) atoms. The average Bonchev–Trinajstić information content (AvgIpc) is 3.12. The fourth-order valence-electron chi connectivity index (χ4n) is 4.11. The highest BCUT2D eigenvalue weighted by atomic mass is 19.1. The van der Waals surface area contributed by atoms with Crippen LogP contribution in [0.3, 0.4) is 0 Å². The summed E-state index contributed by atoms with van der Waals surface area (Å²) in [5.74, 6) is -0.0903. The molecule has 0 fully saturated rings. The first kappa shape index (κ1) is 19.8. The average molecular weight is 424 g/mol. The first-order valence-electron chi connectivity index (χ1n) is 10.4. The lowest BCUT2D eigenvalue weighted by Gasteiger charge is -2.10. The Morgan fingerprint density at radius 1 is 0.844 bits per heavy atom. The lowest BCUT2D eigenvalue weighted by Crippen LogP contribution is -2.11. The van der Waals surface area contributed by atoms with Gasteiger partial charge in [0.05, 0.1) is 5.52 Å². The Morgan fingerprint density at radius 2 is 1.62 bits per heavy atom. The van der Waals surface area contributed by atoms with E-state index in [-0.39, 0.29) is 5.82 Å². The lowest BCUT2D eigenvalue weighted by atomic mass is 10.1. The maximum atomic E-state index is 14.0. The van der Waals surface area contributed by atoms with Gasteiger partial charge in [0.1, 0.15) is 18.2 Å². The van der Waals surface area contributed by atoms with E-state index in [1.54, 1.807) is 18.2 Å². The van der Waals surface area contributed by atoms with Gasteiger partial charge in [0, 0.05) is 28.4 Å². The van der Waals surface area contributed by atoms with Crippen LogP contribution < -0.4 is 10.5 Å². The zero-order valence-electron chi connectivity index (χ0n) is 17.3. The molecular formula is C27H21FN2O2. The molecule has 5 rings (SSSR count). The van der Waals surface area contributed by atoms with Crippen molar-refractivity contribution in [3.05, 3.63) is 114 Å². The molecule has 1 amide bonds. The SMILES string of the molecule is NC(=O)c1cccc2c1c1cc(F)ccc1n2Cc1ccc(OCc2ccccc2)cc1. The van der Waals surface area contributed by atoms with Crippen LogP contribution in [-0.4, -0.2) is 10.5 Å². The number of rotatable bonds is 6. The van der Waals surface area contributed by atoms with E-state index in [9.17, 15) is 9.18 Å². The molecule has 2 N–H and O–H groups in total. The van der Waals surface area contributed by atoms with Crippen LogP contribution in [0.5, 0.6) is 5.75 Å². The van der Waals surface area contributed by atoms with Gasteiger partial charge in [-0.3, -0.25) is 4.79 Å². The van der Waals surface area contributed by atoms with Crippen molar-refractivity contribution in [2.45, 2.75) is 13.2 Å². The van der Waals surface area contributed by atoms with Crippen molar-refractivity contribution >= 4 is 27.7 Å². The number of hydrogen-bond donors (Lipinski definition) is 1. The third-order valence-corrected chi connectivity index (χ3v) is 5.63. The van der Waals surface area contributed by atoms with Gasteiger partial charge in [-0.1, -0.05) is 48.5 Å². The van der Waals surface area contributed by atoms with Crippen molar-refractivity contribution in [1.82, 2.24) is 4.57 Å². The predicted octanol–water partition coefficient (Wildman–Crippen LogP) is 5.66. The van der Waals surface area contributed by atoms with Crippen LogP contribution in [0.15, 0.2) is 91.0 Å². The van der Waals surface area contributed by atoms with E-state index < -0.39 is 5.91 Å². The Hall–Kier alpha value is -4.12. The fraction of sp³-hybridized carbons (Fsp3) is 0.0741. The van der Waals surface area contributed by atoms with Gasteiger partial charge >= 0.3 is 0 Å². The summed E-state index contributed by atoms with van der Waals surface area (Å²) in [6, 6.07) is 28.0. The van der Waals surface area contributed by atoms with E-state index in [1.165, 1.54) is 12.1 Å². The van der Waals surface area contributed by atoms with E-state index in [2.05, 4.69) is 4.57 Å². The van der Waals surface area contributed by atoms with Crippen LogP contribution in [0.1, 0.15) is 21.5 Å². The second-order valence-corrected chi connectivity index (χ2v) is 7.73. The Balaban J connectivity index is 1.48. The van der Waals surface area contributed by atoms with E-state index >= 15 is 0 Å². The molecule has 5 aromatic rings. The minimum Gasteiger partial charge on any atom is -0.489 e. The second-order valence-electron chi connectivity index (χ2n) is 7.73. The van der Waals surface area contributed by atoms with Crippen LogP contribution >= 0.6 is 0 Å². The summed E-state index contributed by atoms with van der Waals surface area (Å²) >= 11 is 0. The monoisotopic (exact) mass is 424 g/mol. The van der Waals surface area contributed by atoms with Gasteiger partial charge in [-0.05, 0) is 53.6 Å². The number of ether oxygens (including phenoxy) is 1. The number of halogens is 1. The molecule has 5 heteroatoms. The Kier molecular flexibility index (Phi) is 5.07. The summed E-state index contributed by atoms with van der Waals surface area (Å²) in [5.41, 5.74) is 9.85. The highest BCUT2D eigenvalue weighted by Crippen LogP contribution is 2.33. The Labute approximate surface area is 184 Å². The number of carbonyl (C=O) groups excluding carboxylic acids is 1. The van der Waals surface area contributed by atoms with E-state index in [0.717, 1.165) is 27.9 Å². The van der Waals surface area contributed by atoms with Crippen molar-refractivity contribution in [2.24, 2.45) is 5.73 Å². The van der Waals surface area contributed by atoms with Crippen molar-refractivity contribution < 1.29 is 13.9 Å². The van der Waals surface area contributed by atoms with Crippen molar-refractivity contribution in [3.63, 3.8) is 0 Å². The Morgan fingerprint density at radius 3 is 2.38 bits per heavy atom. The number of carbonyl (C=O) groups is 1. The van der Waals surface area contributed by atoms with Gasteiger partial charge in [0.15, 0.2) is 0 Å². The minimum absolute atomic E-state index is 0.351. The van der Waals surface area contributed by atoms with Crippen LogP contribution in [-0.2, 0) is 13.2 Å². The summed E-state index contributed by atoms with van der Waals surface area (Å²) in [6.07, 6.45) is 0. The molecule has 0 saturated heterocycles. The summed E-state index contributed by atoms with van der Waals surface area (Å²) in [7, 11) is 0. The van der Waals surface area contributed by atoms with Crippen LogP contribution in [0.25, 0.3) is 21.8 Å². The van der Waals surface area contributed by atoms with Crippen molar-refractivity contribution in [2.75, 3.05) is 0 Å². The largest absolute Gasteiger partial charge is 0.489 e. The van der Waals surface area contributed by atoms with E-state index in [1.807, 2.05) is 60.7 Å². The highest BCUT2D eigenvalue weighted by molar-refractivity contribution is 6.17. The third-order valence-electron chi connectivity index (χ3n) is 5.63. The summed E-state index contributed by atoms with van der Waals surface area (Å²) in [5, 5.41) is 1.36. The number of nitrogens with two attached hydrogens (primary N) is 1. The predicted molar refractivity (Wildman–Crippen MR) is 124 cm³/mol. The van der Waals surface area contributed by atoms with Gasteiger partial charge in [0.2, 0.25) is 5.91 Å².